The number of sulfonamides is 1. The fourth-order valence-electron chi connectivity index (χ4n) is 2.15. The summed E-state index contributed by atoms with van der Waals surface area (Å²) in [6.45, 7) is 3.00. The third-order valence-electron chi connectivity index (χ3n) is 3.22. The maximum atomic E-state index is 12.3. The highest BCUT2D eigenvalue weighted by Crippen LogP contribution is 2.25. The molecular formula is C11H16N2O4S. The van der Waals surface area contributed by atoms with Crippen LogP contribution in [-0.2, 0) is 17.1 Å². The van der Waals surface area contributed by atoms with Gasteiger partial charge in [-0.15, -0.1) is 0 Å². The minimum atomic E-state index is -3.56. The average molecular weight is 272 g/mol. The largest absolute Gasteiger partial charge is 0.477 e. The molecule has 1 aliphatic heterocycles. The predicted molar refractivity (Wildman–Crippen MR) is 64.9 cm³/mol. The van der Waals surface area contributed by atoms with Gasteiger partial charge in [-0.2, -0.15) is 4.31 Å². The lowest BCUT2D eigenvalue weighted by Crippen LogP contribution is -2.28. The molecule has 0 aromatic carbocycles. The number of carboxylic acid groups (broad SMARTS) is 1. The molecule has 1 aliphatic rings. The number of aromatic nitrogens is 1. The summed E-state index contributed by atoms with van der Waals surface area (Å²) in [5, 5.41) is 8.92. The molecule has 1 N–H and O–H groups in total. The molecule has 0 spiro atoms. The van der Waals surface area contributed by atoms with Crippen LogP contribution in [0.5, 0.6) is 0 Å². The Bertz CT molecular complexity index is 576. The summed E-state index contributed by atoms with van der Waals surface area (Å²) >= 11 is 0. The minimum absolute atomic E-state index is 0.0270. The van der Waals surface area contributed by atoms with Crippen LogP contribution < -0.4 is 0 Å². The molecular weight excluding hydrogens is 256 g/mol. The van der Waals surface area contributed by atoms with Crippen LogP contribution in [0.3, 0.4) is 0 Å². The topological polar surface area (TPSA) is 79.6 Å². The van der Waals surface area contributed by atoms with Crippen LogP contribution in [0.2, 0.25) is 0 Å². The van der Waals surface area contributed by atoms with E-state index in [2.05, 4.69) is 0 Å². The molecule has 100 valence electrons. The van der Waals surface area contributed by atoms with E-state index in [4.69, 9.17) is 5.11 Å². The highest BCUT2D eigenvalue weighted by Gasteiger charge is 2.32. The van der Waals surface area contributed by atoms with Crippen LogP contribution in [0.25, 0.3) is 0 Å². The molecule has 1 atom stereocenters. The van der Waals surface area contributed by atoms with Crippen LogP contribution in [0.15, 0.2) is 17.2 Å². The highest BCUT2D eigenvalue weighted by molar-refractivity contribution is 7.89. The molecule has 6 nitrogen and oxygen atoms in total. The van der Waals surface area contributed by atoms with E-state index in [1.165, 1.54) is 28.2 Å². The van der Waals surface area contributed by atoms with Gasteiger partial charge in [-0.3, -0.25) is 0 Å². The van der Waals surface area contributed by atoms with Crippen molar-refractivity contribution in [2.75, 3.05) is 13.1 Å². The van der Waals surface area contributed by atoms with E-state index in [-0.39, 0.29) is 10.6 Å². The van der Waals surface area contributed by atoms with Crippen molar-refractivity contribution in [2.24, 2.45) is 13.0 Å². The van der Waals surface area contributed by atoms with Crippen molar-refractivity contribution in [3.8, 4) is 0 Å². The summed E-state index contributed by atoms with van der Waals surface area (Å²) in [7, 11) is -2.03. The van der Waals surface area contributed by atoms with Crippen molar-refractivity contribution in [3.05, 3.63) is 18.0 Å². The van der Waals surface area contributed by atoms with Crippen LogP contribution in [0, 0.1) is 5.92 Å². The van der Waals surface area contributed by atoms with Crippen molar-refractivity contribution in [1.29, 1.82) is 0 Å². The van der Waals surface area contributed by atoms with Gasteiger partial charge < -0.3 is 9.67 Å². The summed E-state index contributed by atoms with van der Waals surface area (Å²) in [6, 6.07) is 1.21. The Morgan fingerprint density at radius 3 is 2.61 bits per heavy atom. The second kappa shape index (κ2) is 4.40. The molecule has 2 rings (SSSR count). The van der Waals surface area contributed by atoms with Gasteiger partial charge in [0.05, 0.1) is 0 Å². The fourth-order valence-corrected chi connectivity index (χ4v) is 3.80. The lowest BCUT2D eigenvalue weighted by molar-refractivity contribution is 0.0686. The lowest BCUT2D eigenvalue weighted by Gasteiger charge is -2.14. The number of rotatable bonds is 3. The normalized spacial score (nSPS) is 21.3. The molecule has 18 heavy (non-hydrogen) atoms. The van der Waals surface area contributed by atoms with Gasteiger partial charge in [0.15, 0.2) is 0 Å². The summed E-state index contributed by atoms with van der Waals surface area (Å²) in [4.78, 5) is 11.0. The molecule has 0 bridgehead atoms. The van der Waals surface area contributed by atoms with E-state index in [9.17, 15) is 13.2 Å². The van der Waals surface area contributed by atoms with E-state index in [1.807, 2.05) is 6.92 Å². The molecule has 1 saturated heterocycles. The zero-order valence-electron chi connectivity index (χ0n) is 10.3. The molecule has 1 aromatic rings. The van der Waals surface area contributed by atoms with Crippen LogP contribution in [-0.4, -0.2) is 41.5 Å². The number of hydrogen-bond donors (Lipinski definition) is 1. The number of carboxylic acids is 1. The second-order valence-electron chi connectivity index (χ2n) is 4.73. The van der Waals surface area contributed by atoms with E-state index in [0.29, 0.717) is 19.0 Å². The average Bonchev–Trinajstić information content (AvgIpc) is 2.84. The van der Waals surface area contributed by atoms with Crippen molar-refractivity contribution in [1.82, 2.24) is 8.87 Å². The van der Waals surface area contributed by atoms with Crippen LogP contribution in [0.1, 0.15) is 23.8 Å². The molecule has 7 heteroatoms. The first kappa shape index (κ1) is 13.1. The van der Waals surface area contributed by atoms with Crippen molar-refractivity contribution in [3.63, 3.8) is 0 Å². The molecule has 0 aliphatic carbocycles. The number of aromatic carboxylic acids is 1. The standard InChI is InChI=1S/C11H16N2O4S/c1-8-3-4-13(6-8)18(16,17)9-5-10(11(14)15)12(2)7-9/h5,7-8H,3-4,6H2,1-2H3,(H,14,15). The first-order valence-corrected chi connectivity index (χ1v) is 7.16. The van der Waals surface area contributed by atoms with Gasteiger partial charge in [-0.1, -0.05) is 6.92 Å². The Balaban J connectivity index is 2.36. The molecule has 2 heterocycles. The van der Waals surface area contributed by atoms with Crippen molar-refractivity contribution < 1.29 is 18.3 Å². The maximum Gasteiger partial charge on any atom is 0.352 e. The predicted octanol–water partition coefficient (Wildman–Crippen LogP) is 0.754. The zero-order valence-corrected chi connectivity index (χ0v) is 11.1. The molecule has 1 fully saturated rings. The first-order chi connectivity index (χ1) is 8.32. The van der Waals surface area contributed by atoms with Crippen LogP contribution in [0.4, 0.5) is 0 Å². The Morgan fingerprint density at radius 2 is 2.17 bits per heavy atom. The van der Waals surface area contributed by atoms with E-state index < -0.39 is 16.0 Å². The van der Waals surface area contributed by atoms with Crippen molar-refractivity contribution >= 4 is 16.0 Å². The van der Waals surface area contributed by atoms with Gasteiger partial charge in [0.25, 0.3) is 0 Å². The summed E-state index contributed by atoms with van der Waals surface area (Å²) < 4.78 is 27.3. The second-order valence-corrected chi connectivity index (χ2v) is 6.67. The summed E-state index contributed by atoms with van der Waals surface area (Å²) in [5.41, 5.74) is -0.0270. The molecule has 0 saturated carbocycles. The third-order valence-corrected chi connectivity index (χ3v) is 5.05. The van der Waals surface area contributed by atoms with Gasteiger partial charge >= 0.3 is 5.97 Å². The Labute approximate surface area is 106 Å². The van der Waals surface area contributed by atoms with Crippen molar-refractivity contribution in [2.45, 2.75) is 18.2 Å². The van der Waals surface area contributed by atoms with E-state index in [1.54, 1.807) is 0 Å². The molecule has 1 unspecified atom stereocenters. The number of carbonyl (C=O) groups is 1. The maximum absolute atomic E-state index is 12.3. The SMILES string of the molecule is CC1CCN(S(=O)(=O)c2cc(C(=O)O)n(C)c2)C1. The number of nitrogens with zero attached hydrogens (tertiary/aromatic N) is 2. The highest BCUT2D eigenvalue weighted by atomic mass is 32.2. The minimum Gasteiger partial charge on any atom is -0.477 e. The lowest BCUT2D eigenvalue weighted by atomic mass is 10.2. The van der Waals surface area contributed by atoms with E-state index >= 15 is 0 Å². The summed E-state index contributed by atoms with van der Waals surface area (Å²) in [6.07, 6.45) is 2.19. The van der Waals surface area contributed by atoms with Gasteiger partial charge in [0, 0.05) is 26.3 Å². The fraction of sp³-hybridized carbons (Fsp3) is 0.545. The van der Waals surface area contributed by atoms with Gasteiger partial charge in [0.1, 0.15) is 10.6 Å². The summed E-state index contributed by atoms with van der Waals surface area (Å²) in [5.74, 6) is -0.781. The Kier molecular flexibility index (Phi) is 3.20. The van der Waals surface area contributed by atoms with Gasteiger partial charge in [-0.25, -0.2) is 13.2 Å². The molecule has 1 aromatic heterocycles. The van der Waals surface area contributed by atoms with Gasteiger partial charge in [-0.05, 0) is 18.4 Å². The smallest absolute Gasteiger partial charge is 0.352 e. The quantitative estimate of drug-likeness (QED) is 0.880. The molecule has 0 amide bonds. The Morgan fingerprint density at radius 1 is 1.50 bits per heavy atom. The monoisotopic (exact) mass is 272 g/mol. The van der Waals surface area contributed by atoms with Crippen LogP contribution >= 0.6 is 0 Å². The molecule has 0 radical (unpaired) electrons. The number of hydrogen-bond acceptors (Lipinski definition) is 3. The number of aryl methyl sites for hydroxylation is 1. The first-order valence-electron chi connectivity index (χ1n) is 5.72. The Hall–Kier alpha value is -1.34. The van der Waals surface area contributed by atoms with E-state index in [0.717, 1.165) is 6.42 Å². The zero-order chi connectivity index (χ0) is 13.5. The third kappa shape index (κ3) is 2.15. The van der Waals surface area contributed by atoms with Gasteiger partial charge in [0.2, 0.25) is 10.0 Å².